The van der Waals surface area contributed by atoms with E-state index in [-0.39, 0.29) is 10.6 Å². The summed E-state index contributed by atoms with van der Waals surface area (Å²) >= 11 is 5.70. The van der Waals surface area contributed by atoms with E-state index < -0.39 is 23.3 Å². The standard InChI is InChI=1S/C22H20ClF3N2O3/c23-18-6-1-14(11-17(18)22(24,25)26)13-28-9-7-21(8-10-28)12-19(27-31-21)15-2-4-16(5-3-15)20(29)30/h1-6,11H,7-10,12-13H2,(H,29,30). The molecular weight excluding hydrogens is 433 g/mol. The highest BCUT2D eigenvalue weighted by Gasteiger charge is 2.42. The Hall–Kier alpha value is -2.58. The summed E-state index contributed by atoms with van der Waals surface area (Å²) in [6.07, 6.45) is -2.46. The van der Waals surface area contributed by atoms with Crippen LogP contribution in [0.15, 0.2) is 47.6 Å². The van der Waals surface area contributed by atoms with Crippen molar-refractivity contribution < 1.29 is 27.9 Å². The van der Waals surface area contributed by atoms with Gasteiger partial charge in [0.15, 0.2) is 0 Å². The van der Waals surface area contributed by atoms with Gasteiger partial charge >= 0.3 is 12.1 Å². The predicted octanol–water partition coefficient (Wildman–Crippen LogP) is 5.22. The van der Waals surface area contributed by atoms with Gasteiger partial charge < -0.3 is 9.94 Å². The van der Waals surface area contributed by atoms with E-state index in [1.165, 1.54) is 18.2 Å². The van der Waals surface area contributed by atoms with Gasteiger partial charge in [0.2, 0.25) is 0 Å². The molecule has 0 saturated carbocycles. The molecule has 0 atom stereocenters. The molecule has 0 aromatic heterocycles. The van der Waals surface area contributed by atoms with Crippen LogP contribution in [-0.2, 0) is 17.6 Å². The molecule has 2 aromatic rings. The van der Waals surface area contributed by atoms with E-state index >= 15 is 0 Å². The molecule has 0 radical (unpaired) electrons. The molecule has 2 heterocycles. The average Bonchev–Trinajstić information content (AvgIpc) is 3.14. The third kappa shape index (κ3) is 4.70. The Labute approximate surface area is 182 Å². The molecule has 1 fully saturated rings. The van der Waals surface area contributed by atoms with Gasteiger partial charge in [-0.1, -0.05) is 35.0 Å². The first kappa shape index (κ1) is 21.6. The van der Waals surface area contributed by atoms with Crippen molar-refractivity contribution >= 4 is 23.3 Å². The van der Waals surface area contributed by atoms with Gasteiger partial charge in [-0.25, -0.2) is 4.79 Å². The topological polar surface area (TPSA) is 62.1 Å². The van der Waals surface area contributed by atoms with Crippen molar-refractivity contribution in [3.05, 3.63) is 69.7 Å². The number of halogens is 4. The maximum atomic E-state index is 13.1. The molecule has 164 valence electrons. The number of aromatic carboxylic acids is 1. The van der Waals surface area contributed by atoms with Gasteiger partial charge in [0.05, 0.1) is 21.9 Å². The zero-order chi connectivity index (χ0) is 22.2. The Bertz CT molecular complexity index is 1010. The largest absolute Gasteiger partial charge is 0.478 e. The highest BCUT2D eigenvalue weighted by atomic mass is 35.5. The fraction of sp³-hybridized carbons (Fsp3) is 0.364. The Morgan fingerprint density at radius 2 is 1.84 bits per heavy atom. The van der Waals surface area contributed by atoms with E-state index in [4.69, 9.17) is 21.5 Å². The SMILES string of the molecule is O=C(O)c1ccc(C2=NOC3(CCN(Cc4ccc(Cl)c(C(F)(F)F)c4)CC3)C2)cc1. The molecule has 2 aliphatic heterocycles. The maximum absolute atomic E-state index is 13.1. The van der Waals surface area contributed by atoms with Crippen molar-refractivity contribution in [2.24, 2.45) is 5.16 Å². The van der Waals surface area contributed by atoms with Crippen molar-refractivity contribution in [1.82, 2.24) is 4.90 Å². The van der Waals surface area contributed by atoms with Crippen molar-refractivity contribution in [1.29, 1.82) is 0 Å². The zero-order valence-electron chi connectivity index (χ0n) is 16.5. The van der Waals surface area contributed by atoms with E-state index in [0.717, 1.165) is 17.3 Å². The minimum absolute atomic E-state index is 0.210. The normalized spacial score (nSPS) is 18.6. The molecule has 4 rings (SSSR count). The molecule has 0 bridgehead atoms. The smallest absolute Gasteiger partial charge is 0.417 e. The number of alkyl halides is 3. The second-order valence-electron chi connectivity index (χ2n) is 7.96. The zero-order valence-corrected chi connectivity index (χ0v) is 17.2. The number of oxime groups is 1. The van der Waals surface area contributed by atoms with Gasteiger partial charge in [-0.15, -0.1) is 0 Å². The van der Waals surface area contributed by atoms with Crippen LogP contribution in [0.25, 0.3) is 0 Å². The summed E-state index contributed by atoms with van der Waals surface area (Å²) in [4.78, 5) is 18.9. The van der Waals surface area contributed by atoms with Crippen molar-refractivity contribution in [2.45, 2.75) is 37.6 Å². The van der Waals surface area contributed by atoms with E-state index in [1.54, 1.807) is 18.2 Å². The lowest BCUT2D eigenvalue weighted by molar-refractivity contribution is -0.137. The fourth-order valence-electron chi connectivity index (χ4n) is 4.01. The molecule has 1 N–H and O–H groups in total. The summed E-state index contributed by atoms with van der Waals surface area (Å²) in [5, 5.41) is 12.9. The quantitative estimate of drug-likeness (QED) is 0.691. The van der Waals surface area contributed by atoms with E-state index in [2.05, 4.69) is 10.1 Å². The monoisotopic (exact) mass is 452 g/mol. The second kappa shape index (κ2) is 8.16. The summed E-state index contributed by atoms with van der Waals surface area (Å²) in [5.74, 6) is -0.983. The van der Waals surface area contributed by atoms with Crippen LogP contribution in [-0.4, -0.2) is 40.4 Å². The summed E-state index contributed by atoms with van der Waals surface area (Å²) in [5.41, 5.74) is 1.14. The van der Waals surface area contributed by atoms with Gasteiger partial charge in [0.1, 0.15) is 5.60 Å². The van der Waals surface area contributed by atoms with Crippen LogP contribution in [0.1, 0.15) is 46.3 Å². The van der Waals surface area contributed by atoms with E-state index in [1.807, 2.05) is 0 Å². The van der Waals surface area contributed by atoms with Crippen LogP contribution in [0, 0.1) is 0 Å². The number of piperidine rings is 1. The highest BCUT2D eigenvalue weighted by Crippen LogP contribution is 2.38. The lowest BCUT2D eigenvalue weighted by atomic mass is 9.85. The van der Waals surface area contributed by atoms with E-state index in [9.17, 15) is 18.0 Å². The van der Waals surface area contributed by atoms with Crippen molar-refractivity contribution in [3.8, 4) is 0 Å². The number of carboxylic acid groups (broad SMARTS) is 1. The molecule has 31 heavy (non-hydrogen) atoms. The first-order chi connectivity index (χ1) is 14.7. The predicted molar refractivity (Wildman–Crippen MR) is 109 cm³/mol. The third-order valence-corrected chi connectivity index (χ3v) is 6.14. The first-order valence-corrected chi connectivity index (χ1v) is 10.2. The summed E-state index contributed by atoms with van der Waals surface area (Å²) in [7, 11) is 0. The van der Waals surface area contributed by atoms with E-state index in [0.29, 0.717) is 44.5 Å². The first-order valence-electron chi connectivity index (χ1n) is 9.82. The highest BCUT2D eigenvalue weighted by molar-refractivity contribution is 6.31. The third-order valence-electron chi connectivity index (χ3n) is 5.81. The maximum Gasteiger partial charge on any atom is 0.417 e. The Morgan fingerprint density at radius 1 is 1.16 bits per heavy atom. The molecule has 1 saturated heterocycles. The lowest BCUT2D eigenvalue weighted by Crippen LogP contribution is -2.44. The minimum atomic E-state index is -4.48. The van der Waals surface area contributed by atoms with Gasteiger partial charge in [0.25, 0.3) is 0 Å². The second-order valence-corrected chi connectivity index (χ2v) is 8.37. The van der Waals surface area contributed by atoms with Crippen LogP contribution in [0.2, 0.25) is 5.02 Å². The number of carboxylic acids is 1. The number of carbonyl (C=O) groups is 1. The molecule has 5 nitrogen and oxygen atoms in total. The number of benzene rings is 2. The molecular formula is C22H20ClF3N2O3. The molecule has 2 aliphatic rings. The summed E-state index contributed by atoms with van der Waals surface area (Å²) in [6.45, 7) is 1.75. The molecule has 9 heteroatoms. The van der Waals surface area contributed by atoms with Gasteiger partial charge in [0, 0.05) is 38.9 Å². The van der Waals surface area contributed by atoms with Crippen molar-refractivity contribution in [3.63, 3.8) is 0 Å². The van der Waals surface area contributed by atoms with Crippen LogP contribution < -0.4 is 0 Å². The van der Waals surface area contributed by atoms with Crippen LogP contribution >= 0.6 is 11.6 Å². The number of rotatable bonds is 4. The van der Waals surface area contributed by atoms with Crippen LogP contribution in [0.4, 0.5) is 13.2 Å². The molecule has 2 aromatic carbocycles. The van der Waals surface area contributed by atoms with Crippen LogP contribution in [0.3, 0.4) is 0 Å². The minimum Gasteiger partial charge on any atom is -0.478 e. The summed E-state index contributed by atoms with van der Waals surface area (Å²) < 4.78 is 39.3. The van der Waals surface area contributed by atoms with Gasteiger partial charge in [-0.3, -0.25) is 4.90 Å². The summed E-state index contributed by atoms with van der Waals surface area (Å²) in [6, 6.07) is 10.5. The number of likely N-dealkylation sites (tertiary alicyclic amines) is 1. The average molecular weight is 453 g/mol. The molecule has 0 amide bonds. The molecule has 0 aliphatic carbocycles. The van der Waals surface area contributed by atoms with Gasteiger partial charge in [-0.05, 0) is 35.4 Å². The molecule has 0 unspecified atom stereocenters. The number of nitrogens with zero attached hydrogens (tertiary/aromatic N) is 2. The number of hydrogen-bond acceptors (Lipinski definition) is 4. The molecule has 1 spiro atoms. The van der Waals surface area contributed by atoms with Gasteiger partial charge in [-0.2, -0.15) is 13.2 Å². The Kier molecular flexibility index (Phi) is 5.70. The van der Waals surface area contributed by atoms with Crippen molar-refractivity contribution in [2.75, 3.05) is 13.1 Å². The Balaban J connectivity index is 1.36. The van der Waals surface area contributed by atoms with Crippen LogP contribution in [0.5, 0.6) is 0 Å². The Morgan fingerprint density at radius 3 is 2.45 bits per heavy atom. The fourth-order valence-corrected chi connectivity index (χ4v) is 4.24. The lowest BCUT2D eigenvalue weighted by Gasteiger charge is -2.37. The number of hydrogen-bond donors (Lipinski definition) is 1.